The Labute approximate surface area is 89.7 Å². The van der Waals surface area contributed by atoms with Crippen LogP contribution < -0.4 is 5.32 Å². The first-order valence-corrected chi connectivity index (χ1v) is 5.86. The molecule has 0 spiro atoms. The van der Waals surface area contributed by atoms with Crippen LogP contribution in [0.5, 0.6) is 0 Å². The highest BCUT2D eigenvalue weighted by Crippen LogP contribution is 2.19. The largest absolute Gasteiger partial charge is 0.311 e. The predicted molar refractivity (Wildman–Crippen MR) is 61.3 cm³/mol. The minimum atomic E-state index is 0.287. The van der Waals surface area contributed by atoms with Gasteiger partial charge >= 0.3 is 0 Å². The first-order chi connectivity index (χ1) is 6.64. The Balaban J connectivity index is 2.29. The molecular formula is C10H17N3S. The van der Waals surface area contributed by atoms with E-state index in [1.165, 1.54) is 0 Å². The average molecular weight is 211 g/mol. The third kappa shape index (κ3) is 4.07. The molecule has 0 aliphatic rings. The zero-order valence-corrected chi connectivity index (χ0v) is 9.77. The summed E-state index contributed by atoms with van der Waals surface area (Å²) in [7, 11) is 0. The molecule has 0 aliphatic heterocycles. The Bertz CT molecular complexity index is 261. The second-order valence-corrected chi connectivity index (χ2v) is 5.33. The van der Waals surface area contributed by atoms with Crippen molar-refractivity contribution in [3.63, 3.8) is 0 Å². The Kier molecular flexibility index (Phi) is 4.35. The van der Waals surface area contributed by atoms with Crippen LogP contribution in [0.3, 0.4) is 0 Å². The van der Waals surface area contributed by atoms with E-state index in [4.69, 9.17) is 0 Å². The van der Waals surface area contributed by atoms with E-state index >= 15 is 0 Å². The van der Waals surface area contributed by atoms with Gasteiger partial charge in [-0.2, -0.15) is 11.8 Å². The Hall–Kier alpha value is -0.610. The lowest BCUT2D eigenvalue weighted by atomic mass is 10.2. The summed E-state index contributed by atoms with van der Waals surface area (Å²) >= 11 is 1.87. The van der Waals surface area contributed by atoms with Crippen molar-refractivity contribution < 1.29 is 0 Å². The van der Waals surface area contributed by atoms with Crippen LogP contribution in [0.25, 0.3) is 0 Å². The molecule has 0 unspecified atom stereocenters. The first-order valence-electron chi connectivity index (χ1n) is 4.64. The fourth-order valence-electron chi connectivity index (χ4n) is 1.00. The van der Waals surface area contributed by atoms with Crippen molar-refractivity contribution in [1.29, 1.82) is 0 Å². The molecule has 14 heavy (non-hydrogen) atoms. The predicted octanol–water partition coefficient (Wildman–Crippen LogP) is 1.71. The van der Waals surface area contributed by atoms with Gasteiger partial charge in [-0.3, -0.25) is 0 Å². The van der Waals surface area contributed by atoms with E-state index in [2.05, 4.69) is 35.4 Å². The molecule has 0 aliphatic carbocycles. The van der Waals surface area contributed by atoms with E-state index in [0.717, 1.165) is 18.7 Å². The van der Waals surface area contributed by atoms with Crippen molar-refractivity contribution in [2.75, 3.05) is 12.8 Å². The van der Waals surface area contributed by atoms with Crippen LogP contribution in [0.15, 0.2) is 18.7 Å². The van der Waals surface area contributed by atoms with Crippen LogP contribution in [-0.4, -0.2) is 27.5 Å². The molecule has 1 aromatic heterocycles. The highest BCUT2D eigenvalue weighted by molar-refractivity contribution is 7.99. The third-order valence-electron chi connectivity index (χ3n) is 2.05. The molecule has 1 heterocycles. The van der Waals surface area contributed by atoms with Crippen molar-refractivity contribution >= 4 is 11.8 Å². The molecule has 1 N–H and O–H groups in total. The van der Waals surface area contributed by atoms with Gasteiger partial charge in [-0.05, 0) is 20.1 Å². The summed E-state index contributed by atoms with van der Waals surface area (Å²) in [5.74, 6) is 0. The number of thioether (sulfide) groups is 1. The molecule has 0 fully saturated rings. The SMILES string of the molecule is CSC(C)(C)CNCc1cncnc1. The van der Waals surface area contributed by atoms with E-state index < -0.39 is 0 Å². The summed E-state index contributed by atoms with van der Waals surface area (Å²) in [6.07, 6.45) is 7.36. The molecular weight excluding hydrogens is 194 g/mol. The van der Waals surface area contributed by atoms with Crippen LogP contribution in [0.4, 0.5) is 0 Å². The molecule has 3 nitrogen and oxygen atoms in total. The van der Waals surface area contributed by atoms with Gasteiger partial charge in [-0.25, -0.2) is 9.97 Å². The maximum atomic E-state index is 3.96. The maximum Gasteiger partial charge on any atom is 0.115 e. The number of hydrogen-bond donors (Lipinski definition) is 1. The maximum absolute atomic E-state index is 3.96. The molecule has 4 heteroatoms. The zero-order chi connectivity index (χ0) is 10.4. The first kappa shape index (κ1) is 11.5. The minimum Gasteiger partial charge on any atom is -0.311 e. The van der Waals surface area contributed by atoms with Gasteiger partial charge in [-0.15, -0.1) is 0 Å². The number of nitrogens with zero attached hydrogens (tertiary/aromatic N) is 2. The zero-order valence-electron chi connectivity index (χ0n) is 8.95. The molecule has 78 valence electrons. The average Bonchev–Trinajstić information content (AvgIpc) is 2.19. The second kappa shape index (κ2) is 5.32. The van der Waals surface area contributed by atoms with E-state index in [9.17, 15) is 0 Å². The normalized spacial score (nSPS) is 11.6. The van der Waals surface area contributed by atoms with E-state index in [0.29, 0.717) is 0 Å². The van der Waals surface area contributed by atoms with Crippen LogP contribution in [-0.2, 0) is 6.54 Å². The van der Waals surface area contributed by atoms with Crippen LogP contribution in [0.1, 0.15) is 19.4 Å². The van der Waals surface area contributed by atoms with Gasteiger partial charge in [0, 0.05) is 35.8 Å². The molecule has 0 saturated heterocycles. The summed E-state index contributed by atoms with van der Waals surface area (Å²) in [5.41, 5.74) is 1.13. The number of aromatic nitrogens is 2. The van der Waals surface area contributed by atoms with Crippen molar-refractivity contribution in [2.24, 2.45) is 0 Å². The fraction of sp³-hybridized carbons (Fsp3) is 0.600. The summed E-state index contributed by atoms with van der Waals surface area (Å²) in [6.45, 7) is 6.28. The Morgan fingerprint density at radius 3 is 2.57 bits per heavy atom. The smallest absolute Gasteiger partial charge is 0.115 e. The van der Waals surface area contributed by atoms with Gasteiger partial charge in [0.2, 0.25) is 0 Å². The van der Waals surface area contributed by atoms with Crippen molar-refractivity contribution in [3.8, 4) is 0 Å². The van der Waals surface area contributed by atoms with Gasteiger partial charge in [0.15, 0.2) is 0 Å². The van der Waals surface area contributed by atoms with Crippen molar-refractivity contribution in [1.82, 2.24) is 15.3 Å². The molecule has 0 amide bonds. The standard InChI is InChI=1S/C10H17N3S/c1-10(2,14-3)7-11-4-9-5-12-8-13-6-9/h5-6,8,11H,4,7H2,1-3H3. The molecule has 0 radical (unpaired) electrons. The summed E-state index contributed by atoms with van der Waals surface area (Å²) in [5, 5.41) is 3.39. The highest BCUT2D eigenvalue weighted by Gasteiger charge is 2.14. The highest BCUT2D eigenvalue weighted by atomic mass is 32.2. The quantitative estimate of drug-likeness (QED) is 0.804. The number of hydrogen-bond acceptors (Lipinski definition) is 4. The lowest BCUT2D eigenvalue weighted by Gasteiger charge is -2.22. The van der Waals surface area contributed by atoms with Gasteiger partial charge in [0.25, 0.3) is 0 Å². The minimum absolute atomic E-state index is 0.287. The lowest BCUT2D eigenvalue weighted by molar-refractivity contribution is 0.589. The Morgan fingerprint density at radius 2 is 2.00 bits per heavy atom. The topological polar surface area (TPSA) is 37.8 Å². The van der Waals surface area contributed by atoms with E-state index in [1.807, 2.05) is 24.2 Å². The summed E-state index contributed by atoms with van der Waals surface area (Å²) < 4.78 is 0.287. The molecule has 0 atom stereocenters. The fourth-order valence-corrected chi connectivity index (χ4v) is 1.25. The molecule has 0 bridgehead atoms. The molecule has 1 aromatic rings. The molecule has 0 aromatic carbocycles. The van der Waals surface area contributed by atoms with Gasteiger partial charge in [-0.1, -0.05) is 0 Å². The van der Waals surface area contributed by atoms with Crippen LogP contribution in [0.2, 0.25) is 0 Å². The van der Waals surface area contributed by atoms with Gasteiger partial charge in [0.1, 0.15) is 6.33 Å². The second-order valence-electron chi connectivity index (χ2n) is 3.81. The van der Waals surface area contributed by atoms with Crippen LogP contribution >= 0.6 is 11.8 Å². The monoisotopic (exact) mass is 211 g/mol. The lowest BCUT2D eigenvalue weighted by Crippen LogP contribution is -2.31. The number of nitrogens with one attached hydrogen (secondary N) is 1. The van der Waals surface area contributed by atoms with Gasteiger partial charge < -0.3 is 5.32 Å². The van der Waals surface area contributed by atoms with Gasteiger partial charge in [0.05, 0.1) is 0 Å². The summed E-state index contributed by atoms with van der Waals surface area (Å²) in [4.78, 5) is 7.93. The van der Waals surface area contributed by atoms with Crippen molar-refractivity contribution in [2.45, 2.75) is 25.1 Å². The van der Waals surface area contributed by atoms with E-state index in [1.54, 1.807) is 6.33 Å². The van der Waals surface area contributed by atoms with E-state index in [-0.39, 0.29) is 4.75 Å². The van der Waals surface area contributed by atoms with Crippen molar-refractivity contribution in [3.05, 3.63) is 24.3 Å². The van der Waals surface area contributed by atoms with Crippen LogP contribution in [0, 0.1) is 0 Å². The summed E-state index contributed by atoms with van der Waals surface area (Å²) in [6, 6.07) is 0. The Morgan fingerprint density at radius 1 is 1.36 bits per heavy atom. The third-order valence-corrected chi connectivity index (χ3v) is 3.30. The molecule has 1 rings (SSSR count). The number of rotatable bonds is 5. The molecule has 0 saturated carbocycles.